The van der Waals surface area contributed by atoms with E-state index in [2.05, 4.69) is 27.1 Å². The van der Waals surface area contributed by atoms with Crippen molar-refractivity contribution in [1.29, 1.82) is 5.26 Å². The minimum atomic E-state index is -0.613. The maximum atomic E-state index is 13.4. The van der Waals surface area contributed by atoms with Crippen LogP contribution >= 0.6 is 0 Å². The van der Waals surface area contributed by atoms with Gasteiger partial charge >= 0.3 is 5.69 Å². The fourth-order valence-corrected chi connectivity index (χ4v) is 4.65. The minimum absolute atomic E-state index is 0.155. The van der Waals surface area contributed by atoms with Crippen LogP contribution in [0, 0.1) is 11.3 Å². The molecule has 0 saturated carbocycles. The number of aryl methyl sites for hydroxylation is 1. The Kier molecular flexibility index (Phi) is 4.73. The normalized spacial score (nSPS) is 11.8. The van der Waals surface area contributed by atoms with Gasteiger partial charge in [0.15, 0.2) is 0 Å². The van der Waals surface area contributed by atoms with Gasteiger partial charge in [0.25, 0.3) is 0 Å². The molecule has 0 aliphatic heterocycles. The molecule has 36 heavy (non-hydrogen) atoms. The maximum absolute atomic E-state index is 13.4. The van der Waals surface area contributed by atoms with E-state index in [1.165, 1.54) is 0 Å². The summed E-state index contributed by atoms with van der Waals surface area (Å²) in [5.74, 6) is 0. The van der Waals surface area contributed by atoms with Gasteiger partial charge in [0.05, 0.1) is 51.0 Å². The first-order valence-corrected chi connectivity index (χ1v) is 11.6. The van der Waals surface area contributed by atoms with Crippen LogP contribution in [0.15, 0.2) is 84.0 Å². The molecule has 0 amide bonds. The lowest BCUT2D eigenvalue weighted by Gasteiger charge is -2.16. The number of nitrogens with zero attached hydrogens (tertiary/aromatic N) is 6. The number of imidazole rings is 1. The van der Waals surface area contributed by atoms with Gasteiger partial charge in [0, 0.05) is 24.8 Å². The van der Waals surface area contributed by atoms with E-state index >= 15 is 0 Å². The third-order valence-corrected chi connectivity index (χ3v) is 6.81. The molecule has 6 rings (SSSR count). The number of nitriles is 1. The molecule has 3 heterocycles. The zero-order valence-corrected chi connectivity index (χ0v) is 20.1. The first kappa shape index (κ1) is 21.7. The van der Waals surface area contributed by atoms with Crippen LogP contribution in [0.2, 0.25) is 0 Å². The minimum Gasteiger partial charge on any atom is -0.293 e. The predicted molar refractivity (Wildman–Crippen MR) is 141 cm³/mol. The third kappa shape index (κ3) is 3.27. The van der Waals surface area contributed by atoms with Crippen LogP contribution in [-0.2, 0) is 12.5 Å². The Morgan fingerprint density at radius 2 is 1.50 bits per heavy atom. The highest BCUT2D eigenvalue weighted by atomic mass is 16.1. The van der Waals surface area contributed by atoms with Gasteiger partial charge in [-0.15, -0.1) is 0 Å². The fraction of sp³-hybridized carbons (Fsp3) is 0.138. The summed E-state index contributed by atoms with van der Waals surface area (Å²) in [6, 6.07) is 22.0. The SMILES string of the molecule is Cn1c(=O)n(-c2ccc(C(C)(C)C#N)cc2)c2c3cc(-c4ccc5nccnc5c4)ccc3ncc21. The summed E-state index contributed by atoms with van der Waals surface area (Å²) in [5.41, 5.74) is 6.88. The molecule has 3 aromatic carbocycles. The Morgan fingerprint density at radius 1 is 0.833 bits per heavy atom. The zero-order valence-electron chi connectivity index (χ0n) is 20.1. The molecule has 174 valence electrons. The van der Waals surface area contributed by atoms with Crippen LogP contribution in [0.3, 0.4) is 0 Å². The molecule has 0 aliphatic rings. The van der Waals surface area contributed by atoms with Gasteiger partial charge in [-0.2, -0.15) is 5.26 Å². The smallest absolute Gasteiger partial charge is 0.293 e. The van der Waals surface area contributed by atoms with E-state index in [0.717, 1.165) is 55.3 Å². The van der Waals surface area contributed by atoms with Gasteiger partial charge < -0.3 is 0 Å². The lowest BCUT2D eigenvalue weighted by atomic mass is 9.86. The average Bonchev–Trinajstić information content (AvgIpc) is 3.18. The van der Waals surface area contributed by atoms with Gasteiger partial charge in [-0.05, 0) is 66.9 Å². The molecule has 7 heteroatoms. The highest BCUT2D eigenvalue weighted by Gasteiger charge is 2.21. The van der Waals surface area contributed by atoms with Gasteiger partial charge in [0.1, 0.15) is 0 Å². The summed E-state index contributed by atoms with van der Waals surface area (Å²) >= 11 is 0. The molecule has 0 atom stereocenters. The summed E-state index contributed by atoms with van der Waals surface area (Å²) in [7, 11) is 1.76. The van der Waals surface area contributed by atoms with Gasteiger partial charge in [-0.1, -0.05) is 24.3 Å². The molecule has 6 aromatic rings. The summed E-state index contributed by atoms with van der Waals surface area (Å²) in [5, 5.41) is 10.4. The number of benzene rings is 3. The zero-order chi connectivity index (χ0) is 25.0. The molecule has 0 spiro atoms. The summed E-state index contributed by atoms with van der Waals surface area (Å²) in [6.45, 7) is 3.76. The summed E-state index contributed by atoms with van der Waals surface area (Å²) in [4.78, 5) is 26.8. The number of hydrogen-bond donors (Lipinski definition) is 0. The Balaban J connectivity index is 1.59. The third-order valence-electron chi connectivity index (χ3n) is 6.81. The van der Waals surface area contributed by atoms with Crippen molar-refractivity contribution >= 4 is 33.0 Å². The lowest BCUT2D eigenvalue weighted by molar-refractivity contribution is 0.686. The molecule has 0 fully saturated rings. The van der Waals surface area contributed by atoms with E-state index in [9.17, 15) is 10.1 Å². The molecule has 7 nitrogen and oxygen atoms in total. The molecule has 0 bridgehead atoms. The van der Waals surface area contributed by atoms with Crippen molar-refractivity contribution in [3.05, 3.63) is 95.3 Å². The predicted octanol–water partition coefficient (Wildman–Crippen LogP) is 5.29. The van der Waals surface area contributed by atoms with E-state index in [4.69, 9.17) is 0 Å². The number of rotatable bonds is 3. The van der Waals surface area contributed by atoms with Crippen molar-refractivity contribution in [3.63, 3.8) is 0 Å². The van der Waals surface area contributed by atoms with Crippen LogP contribution in [0.4, 0.5) is 0 Å². The first-order chi connectivity index (χ1) is 17.4. The Hall–Kier alpha value is -4.83. The first-order valence-electron chi connectivity index (χ1n) is 11.6. The van der Waals surface area contributed by atoms with Crippen LogP contribution in [0.25, 0.3) is 49.8 Å². The maximum Gasteiger partial charge on any atom is 0.333 e. The Labute approximate surface area is 206 Å². The Bertz CT molecular complexity index is 1910. The van der Waals surface area contributed by atoms with Crippen molar-refractivity contribution in [1.82, 2.24) is 24.1 Å². The van der Waals surface area contributed by atoms with E-state index in [1.54, 1.807) is 34.8 Å². The molecular weight excluding hydrogens is 448 g/mol. The molecular formula is C29H22N6O. The summed E-state index contributed by atoms with van der Waals surface area (Å²) in [6.07, 6.45) is 5.11. The molecule has 0 unspecified atom stereocenters. The standard InChI is InChI=1S/C29H22N6O/c1-29(2,17-30)20-6-8-21(9-7-20)35-27-22-14-18(19-5-11-24-25(15-19)32-13-12-31-24)4-10-23(22)33-16-26(27)34(3)28(35)36/h4-16H,1-3H3. The molecule has 0 radical (unpaired) electrons. The van der Waals surface area contributed by atoms with Crippen molar-refractivity contribution < 1.29 is 0 Å². The topological polar surface area (TPSA) is 89.4 Å². The van der Waals surface area contributed by atoms with Crippen molar-refractivity contribution in [2.45, 2.75) is 19.3 Å². The average molecular weight is 471 g/mol. The van der Waals surface area contributed by atoms with Crippen molar-refractivity contribution in [3.8, 4) is 22.9 Å². The number of fused-ring (bicyclic) bond motifs is 4. The van der Waals surface area contributed by atoms with Crippen molar-refractivity contribution in [2.75, 3.05) is 0 Å². The van der Waals surface area contributed by atoms with E-state index in [0.29, 0.717) is 0 Å². The van der Waals surface area contributed by atoms with Crippen LogP contribution in [-0.4, -0.2) is 24.1 Å². The fourth-order valence-electron chi connectivity index (χ4n) is 4.65. The van der Waals surface area contributed by atoms with E-state index < -0.39 is 5.41 Å². The van der Waals surface area contributed by atoms with Gasteiger partial charge in [-0.3, -0.25) is 24.1 Å². The second-order valence-corrected chi connectivity index (χ2v) is 9.44. The number of hydrogen-bond acceptors (Lipinski definition) is 5. The van der Waals surface area contributed by atoms with Crippen LogP contribution in [0.1, 0.15) is 19.4 Å². The molecule has 0 N–H and O–H groups in total. The molecule has 0 saturated heterocycles. The van der Waals surface area contributed by atoms with E-state index in [-0.39, 0.29) is 5.69 Å². The number of aromatic nitrogens is 5. The Morgan fingerprint density at radius 3 is 2.22 bits per heavy atom. The number of pyridine rings is 1. The van der Waals surface area contributed by atoms with Crippen molar-refractivity contribution in [2.24, 2.45) is 7.05 Å². The molecule has 0 aliphatic carbocycles. The monoisotopic (exact) mass is 470 g/mol. The van der Waals surface area contributed by atoms with Gasteiger partial charge in [-0.25, -0.2) is 4.79 Å². The summed E-state index contributed by atoms with van der Waals surface area (Å²) < 4.78 is 3.34. The van der Waals surface area contributed by atoms with E-state index in [1.807, 2.05) is 68.4 Å². The van der Waals surface area contributed by atoms with Crippen LogP contribution in [0.5, 0.6) is 0 Å². The highest BCUT2D eigenvalue weighted by Crippen LogP contribution is 2.31. The highest BCUT2D eigenvalue weighted by molar-refractivity contribution is 6.04. The van der Waals surface area contributed by atoms with Crippen LogP contribution < -0.4 is 5.69 Å². The molecule has 3 aromatic heterocycles. The second-order valence-electron chi connectivity index (χ2n) is 9.44. The quantitative estimate of drug-likeness (QED) is 0.351. The second kappa shape index (κ2) is 7.85. The largest absolute Gasteiger partial charge is 0.333 e. The lowest BCUT2D eigenvalue weighted by Crippen LogP contribution is -2.21. The van der Waals surface area contributed by atoms with Gasteiger partial charge in [0.2, 0.25) is 0 Å².